The van der Waals surface area contributed by atoms with E-state index in [1.165, 1.54) is 0 Å². The van der Waals surface area contributed by atoms with Crippen LogP contribution in [0.25, 0.3) is 6.08 Å². The Labute approximate surface area is 131 Å². The van der Waals surface area contributed by atoms with Crippen LogP contribution in [0.2, 0.25) is 0 Å². The molecule has 3 nitrogen and oxygen atoms in total. The van der Waals surface area contributed by atoms with Gasteiger partial charge in [0.1, 0.15) is 0 Å². The van der Waals surface area contributed by atoms with Crippen molar-refractivity contribution in [1.82, 2.24) is 0 Å². The van der Waals surface area contributed by atoms with Gasteiger partial charge in [-0.15, -0.1) is 0 Å². The lowest BCUT2D eigenvalue weighted by Crippen LogP contribution is -2.05. The summed E-state index contributed by atoms with van der Waals surface area (Å²) in [5.41, 5.74) is 3.15. The van der Waals surface area contributed by atoms with Crippen LogP contribution in [0.1, 0.15) is 16.7 Å². The highest BCUT2D eigenvalue weighted by Crippen LogP contribution is 2.20. The Kier molecular flexibility index (Phi) is 3.71. The summed E-state index contributed by atoms with van der Waals surface area (Å²) in [7, 11) is 0. The number of carbonyl (C=O) groups is 1. The Bertz CT molecular complexity index is 761. The van der Waals surface area contributed by atoms with Gasteiger partial charge in [-0.2, -0.15) is 0 Å². The second-order valence-electron chi connectivity index (χ2n) is 4.76. The SMILES string of the molecule is Cc1ccc(C2=NC(=Cc3cccc(Br)c3)C(=O)O2)cc1. The van der Waals surface area contributed by atoms with Crippen molar-refractivity contribution in [1.29, 1.82) is 0 Å². The molecule has 1 aliphatic heterocycles. The van der Waals surface area contributed by atoms with E-state index in [0.29, 0.717) is 11.6 Å². The molecular formula is C17H12BrNO2. The van der Waals surface area contributed by atoms with Crippen LogP contribution >= 0.6 is 15.9 Å². The van der Waals surface area contributed by atoms with Gasteiger partial charge in [0.25, 0.3) is 0 Å². The third kappa shape index (κ3) is 3.11. The quantitative estimate of drug-likeness (QED) is 0.609. The van der Waals surface area contributed by atoms with Gasteiger partial charge < -0.3 is 4.74 Å². The zero-order valence-electron chi connectivity index (χ0n) is 11.3. The predicted molar refractivity (Wildman–Crippen MR) is 85.9 cm³/mol. The van der Waals surface area contributed by atoms with E-state index >= 15 is 0 Å². The largest absolute Gasteiger partial charge is 0.402 e. The first-order valence-corrected chi connectivity index (χ1v) is 7.26. The highest BCUT2D eigenvalue weighted by molar-refractivity contribution is 9.10. The molecule has 21 heavy (non-hydrogen) atoms. The molecule has 0 fully saturated rings. The van der Waals surface area contributed by atoms with Gasteiger partial charge in [0, 0.05) is 10.0 Å². The van der Waals surface area contributed by atoms with Gasteiger partial charge in [0.15, 0.2) is 5.70 Å². The number of nitrogens with zero attached hydrogens (tertiary/aromatic N) is 1. The number of hydrogen-bond acceptors (Lipinski definition) is 3. The number of esters is 1. The van der Waals surface area contributed by atoms with Crippen LogP contribution in [0.3, 0.4) is 0 Å². The van der Waals surface area contributed by atoms with Gasteiger partial charge >= 0.3 is 5.97 Å². The minimum absolute atomic E-state index is 0.309. The molecule has 1 aliphatic rings. The topological polar surface area (TPSA) is 38.7 Å². The molecule has 2 aromatic rings. The fraction of sp³-hybridized carbons (Fsp3) is 0.0588. The van der Waals surface area contributed by atoms with Gasteiger partial charge in [-0.25, -0.2) is 9.79 Å². The monoisotopic (exact) mass is 341 g/mol. The van der Waals surface area contributed by atoms with E-state index in [0.717, 1.165) is 21.2 Å². The van der Waals surface area contributed by atoms with Crippen LogP contribution in [-0.2, 0) is 9.53 Å². The van der Waals surface area contributed by atoms with Crippen molar-refractivity contribution in [2.75, 3.05) is 0 Å². The molecule has 0 unspecified atom stereocenters. The summed E-state index contributed by atoms with van der Waals surface area (Å²) in [6, 6.07) is 15.4. The van der Waals surface area contributed by atoms with E-state index in [2.05, 4.69) is 20.9 Å². The maximum atomic E-state index is 11.9. The lowest BCUT2D eigenvalue weighted by atomic mass is 10.1. The maximum absolute atomic E-state index is 11.9. The molecule has 0 atom stereocenters. The van der Waals surface area contributed by atoms with Crippen molar-refractivity contribution < 1.29 is 9.53 Å². The zero-order chi connectivity index (χ0) is 14.8. The molecule has 0 aliphatic carbocycles. The summed E-state index contributed by atoms with van der Waals surface area (Å²) in [6.07, 6.45) is 1.72. The molecule has 0 aromatic heterocycles. The number of hydrogen-bond donors (Lipinski definition) is 0. The number of carbonyl (C=O) groups excluding carboxylic acids is 1. The highest BCUT2D eigenvalue weighted by atomic mass is 79.9. The second-order valence-corrected chi connectivity index (χ2v) is 5.67. The summed E-state index contributed by atoms with van der Waals surface area (Å²) in [6.45, 7) is 2.00. The van der Waals surface area contributed by atoms with Gasteiger partial charge in [-0.3, -0.25) is 0 Å². The number of halogens is 1. The van der Waals surface area contributed by atoms with Crippen molar-refractivity contribution in [3.05, 3.63) is 75.4 Å². The van der Waals surface area contributed by atoms with Crippen molar-refractivity contribution in [2.45, 2.75) is 6.92 Å². The highest BCUT2D eigenvalue weighted by Gasteiger charge is 2.23. The zero-order valence-corrected chi connectivity index (χ0v) is 12.9. The number of aryl methyl sites for hydroxylation is 1. The smallest absolute Gasteiger partial charge is 0.363 e. The number of cyclic esters (lactones) is 1. The molecule has 1 heterocycles. The lowest BCUT2D eigenvalue weighted by Gasteiger charge is -1.99. The van der Waals surface area contributed by atoms with E-state index in [4.69, 9.17) is 4.74 Å². The Balaban J connectivity index is 1.93. The first kappa shape index (κ1) is 13.8. The molecule has 0 spiro atoms. The van der Waals surface area contributed by atoms with Crippen LogP contribution in [0.15, 0.2) is 63.7 Å². The van der Waals surface area contributed by atoms with Crippen LogP contribution in [0, 0.1) is 6.92 Å². The first-order chi connectivity index (χ1) is 10.1. The molecule has 0 saturated carbocycles. The molecule has 4 heteroatoms. The summed E-state index contributed by atoms with van der Waals surface area (Å²) >= 11 is 3.40. The third-order valence-corrected chi connectivity index (χ3v) is 3.56. The number of benzene rings is 2. The average Bonchev–Trinajstić information content (AvgIpc) is 2.81. The Morgan fingerprint density at radius 1 is 1.14 bits per heavy atom. The third-order valence-electron chi connectivity index (χ3n) is 3.07. The lowest BCUT2D eigenvalue weighted by molar-refractivity contribution is -0.129. The van der Waals surface area contributed by atoms with E-state index in [9.17, 15) is 4.79 Å². The van der Waals surface area contributed by atoms with Crippen LogP contribution in [0.4, 0.5) is 0 Å². The van der Waals surface area contributed by atoms with Gasteiger partial charge in [0.05, 0.1) is 0 Å². The first-order valence-electron chi connectivity index (χ1n) is 6.47. The Morgan fingerprint density at radius 2 is 1.90 bits per heavy atom. The minimum Gasteiger partial charge on any atom is -0.402 e. The number of rotatable bonds is 2. The fourth-order valence-electron chi connectivity index (χ4n) is 1.98. The van der Waals surface area contributed by atoms with Crippen LogP contribution in [0.5, 0.6) is 0 Å². The Hall–Kier alpha value is -2.20. The fourth-order valence-corrected chi connectivity index (χ4v) is 2.40. The molecule has 2 aromatic carbocycles. The van der Waals surface area contributed by atoms with E-state index in [-0.39, 0.29) is 0 Å². The standard InChI is InChI=1S/C17H12BrNO2/c1-11-5-7-13(8-6-11)16-19-15(17(20)21-16)10-12-3-2-4-14(18)9-12/h2-10H,1H3. The van der Waals surface area contributed by atoms with Crippen molar-refractivity contribution in [2.24, 2.45) is 4.99 Å². The number of aliphatic imine (C=N–C) groups is 1. The molecule has 0 radical (unpaired) electrons. The molecule has 0 saturated heterocycles. The minimum atomic E-state index is -0.425. The summed E-state index contributed by atoms with van der Waals surface area (Å²) in [5.74, 6) is -0.0770. The van der Waals surface area contributed by atoms with Gasteiger partial charge in [-0.1, -0.05) is 45.8 Å². The average molecular weight is 342 g/mol. The van der Waals surface area contributed by atoms with E-state index in [1.54, 1.807) is 6.08 Å². The van der Waals surface area contributed by atoms with E-state index in [1.807, 2.05) is 55.5 Å². The van der Waals surface area contributed by atoms with Crippen LogP contribution in [-0.4, -0.2) is 11.9 Å². The molecular weight excluding hydrogens is 330 g/mol. The molecule has 0 bridgehead atoms. The van der Waals surface area contributed by atoms with Gasteiger partial charge in [-0.05, 0) is 42.8 Å². The van der Waals surface area contributed by atoms with Crippen molar-refractivity contribution >= 4 is 33.9 Å². The molecule has 0 amide bonds. The molecule has 104 valence electrons. The van der Waals surface area contributed by atoms with Gasteiger partial charge in [0.2, 0.25) is 5.90 Å². The molecule has 3 rings (SSSR count). The second kappa shape index (κ2) is 5.66. The molecule has 0 N–H and O–H groups in total. The van der Waals surface area contributed by atoms with Crippen LogP contribution < -0.4 is 0 Å². The summed E-state index contributed by atoms with van der Waals surface area (Å²) in [4.78, 5) is 16.2. The normalized spacial score (nSPS) is 16.0. The Morgan fingerprint density at radius 3 is 2.62 bits per heavy atom. The van der Waals surface area contributed by atoms with Crippen molar-refractivity contribution in [3.8, 4) is 0 Å². The van der Waals surface area contributed by atoms with E-state index < -0.39 is 5.97 Å². The summed E-state index contributed by atoms with van der Waals surface area (Å²) < 4.78 is 6.18. The maximum Gasteiger partial charge on any atom is 0.363 e. The summed E-state index contributed by atoms with van der Waals surface area (Å²) in [5, 5.41) is 0. The predicted octanol–water partition coefficient (Wildman–Crippen LogP) is 4.10. The van der Waals surface area contributed by atoms with Crippen molar-refractivity contribution in [3.63, 3.8) is 0 Å². The number of ether oxygens (including phenoxy) is 1.